The predicted molar refractivity (Wildman–Crippen MR) is 92.8 cm³/mol. The Morgan fingerprint density at radius 1 is 1.24 bits per heavy atom. The number of nitrogens with zero attached hydrogens (tertiary/aromatic N) is 2. The highest BCUT2D eigenvalue weighted by Gasteiger charge is 2.13. The summed E-state index contributed by atoms with van der Waals surface area (Å²) in [5.41, 5.74) is 1.31. The molecule has 0 unspecified atom stereocenters. The lowest BCUT2D eigenvalue weighted by molar-refractivity contribution is -0.118. The second-order valence-corrected chi connectivity index (χ2v) is 5.12. The Balaban J connectivity index is 2.18. The molecule has 0 aliphatic carbocycles. The van der Waals surface area contributed by atoms with E-state index in [4.69, 9.17) is 4.74 Å². The van der Waals surface area contributed by atoms with Crippen LogP contribution in [0.1, 0.15) is 24.2 Å². The zero-order valence-corrected chi connectivity index (χ0v) is 14.1. The minimum atomic E-state index is -1.06. The smallest absolute Gasteiger partial charge is 0.339 e. The van der Waals surface area contributed by atoms with Crippen molar-refractivity contribution in [1.82, 2.24) is 15.3 Å². The maximum absolute atomic E-state index is 11.4. The Hall–Kier alpha value is -3.16. The van der Waals surface area contributed by atoms with Crippen molar-refractivity contribution in [3.8, 4) is 17.0 Å². The quantitative estimate of drug-likeness (QED) is 0.626. The van der Waals surface area contributed by atoms with Gasteiger partial charge in [0.05, 0.1) is 12.3 Å². The normalized spacial score (nSPS) is 10.2. The molecule has 1 aromatic carbocycles. The summed E-state index contributed by atoms with van der Waals surface area (Å²) in [7, 11) is 0. The Kier molecular flexibility index (Phi) is 6.27. The monoisotopic (exact) mass is 344 g/mol. The molecule has 0 fully saturated rings. The molecule has 2 aromatic rings. The van der Waals surface area contributed by atoms with E-state index in [1.165, 1.54) is 13.0 Å². The fraction of sp³-hybridized carbons (Fsp3) is 0.294. The lowest BCUT2D eigenvalue weighted by atomic mass is 10.1. The van der Waals surface area contributed by atoms with Gasteiger partial charge in [0.25, 0.3) is 0 Å². The first-order valence-corrected chi connectivity index (χ1v) is 7.83. The van der Waals surface area contributed by atoms with Gasteiger partial charge in [0, 0.05) is 31.8 Å². The number of carboxylic acid groups (broad SMARTS) is 1. The second kappa shape index (κ2) is 8.62. The number of hydrogen-bond donors (Lipinski definition) is 3. The summed E-state index contributed by atoms with van der Waals surface area (Å²) in [5.74, 6) is -0.449. The lowest BCUT2D eigenvalue weighted by Crippen LogP contribution is -2.26. The van der Waals surface area contributed by atoms with Gasteiger partial charge in [0.15, 0.2) is 0 Å². The van der Waals surface area contributed by atoms with E-state index in [0.29, 0.717) is 42.7 Å². The van der Waals surface area contributed by atoms with Crippen molar-refractivity contribution in [2.24, 2.45) is 0 Å². The molecule has 8 heteroatoms. The summed E-state index contributed by atoms with van der Waals surface area (Å²) in [5, 5.41) is 15.0. The van der Waals surface area contributed by atoms with Gasteiger partial charge in [-0.2, -0.15) is 0 Å². The number of hydrogen-bond acceptors (Lipinski definition) is 6. The molecule has 1 aromatic heterocycles. The Labute approximate surface area is 145 Å². The third-order valence-electron chi connectivity index (χ3n) is 3.24. The Morgan fingerprint density at radius 2 is 2.04 bits per heavy atom. The number of nitrogens with one attached hydrogen (secondary N) is 2. The van der Waals surface area contributed by atoms with E-state index in [0.717, 1.165) is 0 Å². The fourth-order valence-electron chi connectivity index (χ4n) is 2.16. The molecule has 1 heterocycles. The van der Waals surface area contributed by atoms with Crippen LogP contribution in [-0.2, 0) is 4.79 Å². The van der Waals surface area contributed by atoms with Crippen LogP contribution in [0.2, 0.25) is 0 Å². The molecule has 2 rings (SSSR count). The molecule has 0 saturated heterocycles. The summed E-state index contributed by atoms with van der Waals surface area (Å²) >= 11 is 0. The van der Waals surface area contributed by atoms with Crippen molar-refractivity contribution in [3.63, 3.8) is 0 Å². The van der Waals surface area contributed by atoms with Crippen LogP contribution in [0.5, 0.6) is 5.75 Å². The van der Waals surface area contributed by atoms with Crippen molar-refractivity contribution in [3.05, 3.63) is 36.0 Å². The van der Waals surface area contributed by atoms with Crippen LogP contribution in [0, 0.1) is 0 Å². The first kappa shape index (κ1) is 18.2. The van der Waals surface area contributed by atoms with Gasteiger partial charge in [0.2, 0.25) is 11.9 Å². The van der Waals surface area contributed by atoms with Crippen LogP contribution in [0.15, 0.2) is 30.5 Å². The predicted octanol–water partition coefficient (Wildman–Crippen LogP) is 1.79. The molecule has 0 saturated carbocycles. The van der Waals surface area contributed by atoms with Gasteiger partial charge in [-0.05, 0) is 31.2 Å². The number of amides is 1. The van der Waals surface area contributed by atoms with E-state index < -0.39 is 5.97 Å². The van der Waals surface area contributed by atoms with Crippen LogP contribution in [0.25, 0.3) is 11.3 Å². The molecule has 1 amide bonds. The van der Waals surface area contributed by atoms with Crippen molar-refractivity contribution in [2.45, 2.75) is 13.8 Å². The number of aromatic carboxylic acids is 1. The molecule has 0 aliphatic rings. The highest BCUT2D eigenvalue weighted by Crippen LogP contribution is 2.26. The fourth-order valence-corrected chi connectivity index (χ4v) is 2.16. The molecule has 0 bridgehead atoms. The minimum absolute atomic E-state index is 0.0816. The number of ether oxygens (including phenoxy) is 1. The van der Waals surface area contributed by atoms with E-state index in [1.807, 2.05) is 0 Å². The highest BCUT2D eigenvalue weighted by molar-refractivity contribution is 5.92. The molecule has 0 spiro atoms. The maximum Gasteiger partial charge on any atom is 0.339 e. The first-order valence-electron chi connectivity index (χ1n) is 7.83. The van der Waals surface area contributed by atoms with E-state index in [-0.39, 0.29) is 11.5 Å². The number of rotatable bonds is 8. The zero-order valence-electron chi connectivity index (χ0n) is 14.1. The number of benzene rings is 1. The molecule has 132 valence electrons. The van der Waals surface area contributed by atoms with Crippen LogP contribution in [0.3, 0.4) is 0 Å². The summed E-state index contributed by atoms with van der Waals surface area (Å²) in [6.45, 7) is 4.56. The molecular weight excluding hydrogens is 324 g/mol. The standard InChI is InChI=1S/C17H20N4O4/c1-3-25-15-5-4-12(10-13(15)16(23)24)14-6-7-19-17(21-14)20-9-8-18-11(2)22/h4-7,10H,3,8-9H2,1-2H3,(H,18,22)(H,23,24)(H,19,20,21). The molecule has 0 aliphatic heterocycles. The van der Waals surface area contributed by atoms with E-state index in [1.54, 1.807) is 31.3 Å². The average molecular weight is 344 g/mol. The molecule has 8 nitrogen and oxygen atoms in total. The third kappa shape index (κ3) is 5.17. The van der Waals surface area contributed by atoms with Crippen LogP contribution in [-0.4, -0.2) is 46.6 Å². The minimum Gasteiger partial charge on any atom is -0.493 e. The van der Waals surface area contributed by atoms with Gasteiger partial charge in [0.1, 0.15) is 11.3 Å². The van der Waals surface area contributed by atoms with Gasteiger partial charge in [-0.3, -0.25) is 4.79 Å². The third-order valence-corrected chi connectivity index (χ3v) is 3.24. The number of aromatic nitrogens is 2. The molecule has 0 atom stereocenters. The lowest BCUT2D eigenvalue weighted by Gasteiger charge is -2.10. The Bertz CT molecular complexity index is 764. The Morgan fingerprint density at radius 3 is 2.72 bits per heavy atom. The topological polar surface area (TPSA) is 113 Å². The zero-order chi connectivity index (χ0) is 18.2. The van der Waals surface area contributed by atoms with Gasteiger partial charge >= 0.3 is 5.97 Å². The number of carbonyl (C=O) groups is 2. The van der Waals surface area contributed by atoms with Crippen molar-refractivity contribution in [1.29, 1.82) is 0 Å². The van der Waals surface area contributed by atoms with Crippen molar-refractivity contribution in [2.75, 3.05) is 25.0 Å². The van der Waals surface area contributed by atoms with Crippen molar-refractivity contribution < 1.29 is 19.4 Å². The molecule has 25 heavy (non-hydrogen) atoms. The second-order valence-electron chi connectivity index (χ2n) is 5.12. The maximum atomic E-state index is 11.4. The number of carboxylic acids is 1. The van der Waals surface area contributed by atoms with Gasteiger partial charge < -0.3 is 20.5 Å². The molecule has 0 radical (unpaired) electrons. The molecule has 3 N–H and O–H groups in total. The van der Waals surface area contributed by atoms with Gasteiger partial charge in [-0.1, -0.05) is 0 Å². The molecular formula is C17H20N4O4. The van der Waals surface area contributed by atoms with Gasteiger partial charge in [-0.25, -0.2) is 14.8 Å². The van der Waals surface area contributed by atoms with E-state index in [9.17, 15) is 14.7 Å². The largest absolute Gasteiger partial charge is 0.493 e. The van der Waals surface area contributed by atoms with Crippen LogP contribution >= 0.6 is 0 Å². The van der Waals surface area contributed by atoms with E-state index in [2.05, 4.69) is 20.6 Å². The number of carbonyl (C=O) groups excluding carboxylic acids is 1. The average Bonchev–Trinajstić information content (AvgIpc) is 2.59. The van der Waals surface area contributed by atoms with Crippen LogP contribution < -0.4 is 15.4 Å². The first-order chi connectivity index (χ1) is 12.0. The highest BCUT2D eigenvalue weighted by atomic mass is 16.5. The summed E-state index contributed by atoms with van der Waals surface area (Å²) in [6.07, 6.45) is 1.58. The summed E-state index contributed by atoms with van der Waals surface area (Å²) in [4.78, 5) is 30.7. The van der Waals surface area contributed by atoms with Gasteiger partial charge in [-0.15, -0.1) is 0 Å². The number of anilines is 1. The van der Waals surface area contributed by atoms with Crippen LogP contribution in [0.4, 0.5) is 5.95 Å². The SMILES string of the molecule is CCOc1ccc(-c2ccnc(NCCNC(C)=O)n2)cc1C(=O)O. The van der Waals surface area contributed by atoms with Crippen molar-refractivity contribution >= 4 is 17.8 Å². The van der Waals surface area contributed by atoms with E-state index >= 15 is 0 Å². The summed E-state index contributed by atoms with van der Waals surface area (Å²) < 4.78 is 5.34. The summed E-state index contributed by atoms with van der Waals surface area (Å²) in [6, 6.07) is 6.59.